The Hall–Kier alpha value is -4.98. The molecule has 0 radical (unpaired) electrons. The Kier molecular flexibility index (Phi) is 6.66. The minimum absolute atomic E-state index is 0.335. The van der Waals surface area contributed by atoms with E-state index in [4.69, 9.17) is 0 Å². The predicted octanol–water partition coefficient (Wildman–Crippen LogP) is 5.11. The van der Waals surface area contributed by atoms with E-state index in [-0.39, 0.29) is 11.7 Å². The van der Waals surface area contributed by atoms with E-state index < -0.39 is 0 Å². The van der Waals surface area contributed by atoms with Crippen LogP contribution in [0.15, 0.2) is 102 Å². The van der Waals surface area contributed by atoms with Gasteiger partial charge in [0.25, 0.3) is 5.91 Å². The van der Waals surface area contributed by atoms with Gasteiger partial charge in [0, 0.05) is 17.2 Å². The topological polar surface area (TPSA) is 85.1 Å². The molecule has 0 fully saturated rings. The van der Waals surface area contributed by atoms with Gasteiger partial charge in [0.05, 0.1) is 29.5 Å². The van der Waals surface area contributed by atoms with Crippen LogP contribution in [0.4, 0.5) is 4.39 Å². The number of nitrogens with one attached hydrogen (secondary N) is 1. The average Bonchev–Trinajstić information content (AvgIpc) is 3.35. The van der Waals surface area contributed by atoms with Crippen LogP contribution in [-0.2, 0) is 6.54 Å². The minimum Gasteiger partial charge on any atom is -0.267 e. The summed E-state index contributed by atoms with van der Waals surface area (Å²) in [5, 5.41) is 13.0. The molecule has 0 saturated heterocycles. The second-order valence-electron chi connectivity index (χ2n) is 7.98. The number of pyridine rings is 1. The van der Waals surface area contributed by atoms with Crippen LogP contribution in [0.3, 0.4) is 0 Å². The van der Waals surface area contributed by atoms with Gasteiger partial charge in [-0.25, -0.2) is 19.5 Å². The second-order valence-corrected chi connectivity index (χ2v) is 7.98. The molecule has 8 heteroatoms. The molecule has 0 spiro atoms. The van der Waals surface area contributed by atoms with E-state index in [0.29, 0.717) is 40.0 Å². The number of carbonyl (C=O) groups excluding carboxylic acids is 1. The summed E-state index contributed by atoms with van der Waals surface area (Å²) in [4.78, 5) is 17.6. The van der Waals surface area contributed by atoms with Crippen molar-refractivity contribution in [3.8, 4) is 11.3 Å². The molecule has 7 nitrogen and oxygen atoms in total. The van der Waals surface area contributed by atoms with Crippen molar-refractivity contribution in [2.45, 2.75) is 6.54 Å². The van der Waals surface area contributed by atoms with Crippen molar-refractivity contribution in [2.24, 2.45) is 5.10 Å². The molecule has 5 rings (SSSR count). The van der Waals surface area contributed by atoms with Crippen LogP contribution in [0.2, 0.25) is 0 Å². The van der Waals surface area contributed by atoms with Gasteiger partial charge in [-0.3, -0.25) is 4.79 Å². The van der Waals surface area contributed by atoms with E-state index in [1.807, 2.05) is 60.8 Å². The van der Waals surface area contributed by atoms with Gasteiger partial charge >= 0.3 is 0 Å². The number of para-hydroxylation sites is 1. The van der Waals surface area contributed by atoms with Crippen LogP contribution in [0, 0.1) is 5.82 Å². The number of rotatable bonds is 7. The van der Waals surface area contributed by atoms with E-state index in [0.717, 1.165) is 5.56 Å². The summed E-state index contributed by atoms with van der Waals surface area (Å²) < 4.78 is 15.1. The first-order valence-corrected chi connectivity index (χ1v) is 11.3. The Labute approximate surface area is 206 Å². The largest absolute Gasteiger partial charge is 0.272 e. The molecule has 0 unspecified atom stereocenters. The van der Waals surface area contributed by atoms with E-state index in [2.05, 4.69) is 25.8 Å². The maximum atomic E-state index is 13.3. The van der Waals surface area contributed by atoms with E-state index >= 15 is 0 Å². The van der Waals surface area contributed by atoms with Gasteiger partial charge in [0.1, 0.15) is 11.5 Å². The summed E-state index contributed by atoms with van der Waals surface area (Å²) in [6.07, 6.45) is 6.72. The number of aromatic nitrogens is 4. The Bertz CT molecular complexity index is 1560. The van der Waals surface area contributed by atoms with Crippen molar-refractivity contribution >= 4 is 29.1 Å². The lowest BCUT2D eigenvalue weighted by Crippen LogP contribution is -2.18. The normalized spacial score (nSPS) is 11.5. The number of fused-ring (bicyclic) bond motifs is 1. The van der Waals surface area contributed by atoms with Crippen molar-refractivity contribution < 1.29 is 9.18 Å². The molecule has 2 heterocycles. The first kappa shape index (κ1) is 22.8. The number of allylic oxidation sites excluding steroid dienone is 1. The maximum Gasteiger partial charge on any atom is 0.272 e. The van der Waals surface area contributed by atoms with Crippen molar-refractivity contribution in [3.63, 3.8) is 0 Å². The molecule has 0 aliphatic rings. The van der Waals surface area contributed by atoms with Crippen LogP contribution in [0.25, 0.3) is 28.2 Å². The summed E-state index contributed by atoms with van der Waals surface area (Å²) in [7, 11) is 0. The molecule has 0 saturated carbocycles. The molecular weight excluding hydrogens is 455 g/mol. The van der Waals surface area contributed by atoms with Gasteiger partial charge in [0.2, 0.25) is 0 Å². The number of benzene rings is 3. The van der Waals surface area contributed by atoms with Crippen LogP contribution in [-0.4, -0.2) is 32.1 Å². The summed E-state index contributed by atoms with van der Waals surface area (Å²) in [5.74, 6) is -0.714. The summed E-state index contributed by atoms with van der Waals surface area (Å²) in [6, 6.07) is 25.0. The Morgan fingerprint density at radius 2 is 1.78 bits per heavy atom. The highest BCUT2D eigenvalue weighted by Gasteiger charge is 2.13. The minimum atomic E-state index is -0.379. The number of amides is 1. The second kappa shape index (κ2) is 10.5. The van der Waals surface area contributed by atoms with Crippen LogP contribution in [0.1, 0.15) is 21.6 Å². The number of hydrogen-bond acceptors (Lipinski definition) is 5. The fraction of sp³-hybridized carbons (Fsp3) is 0.0357. The summed E-state index contributed by atoms with van der Waals surface area (Å²) in [6.45, 7) is 0.631. The zero-order chi connectivity index (χ0) is 24.7. The first-order valence-electron chi connectivity index (χ1n) is 11.3. The molecule has 0 atom stereocenters. The Morgan fingerprint density at radius 1 is 1.00 bits per heavy atom. The number of halogens is 1. The zero-order valence-corrected chi connectivity index (χ0v) is 19.1. The van der Waals surface area contributed by atoms with Crippen molar-refractivity contribution in [1.29, 1.82) is 0 Å². The third-order valence-electron chi connectivity index (χ3n) is 5.44. The first-order chi connectivity index (χ1) is 17.7. The molecule has 1 amide bonds. The van der Waals surface area contributed by atoms with Gasteiger partial charge in [-0.05, 0) is 54.1 Å². The predicted molar refractivity (Wildman–Crippen MR) is 138 cm³/mol. The van der Waals surface area contributed by atoms with Crippen LogP contribution >= 0.6 is 0 Å². The highest BCUT2D eigenvalue weighted by Crippen LogP contribution is 2.25. The van der Waals surface area contributed by atoms with Gasteiger partial charge in [-0.15, -0.1) is 5.10 Å². The van der Waals surface area contributed by atoms with E-state index in [1.165, 1.54) is 18.3 Å². The number of carbonyl (C=O) groups is 1. The van der Waals surface area contributed by atoms with Crippen molar-refractivity contribution in [1.82, 2.24) is 25.4 Å². The molecular formula is C28H21FN6O. The Balaban J connectivity index is 1.27. The van der Waals surface area contributed by atoms with Crippen LogP contribution < -0.4 is 5.43 Å². The quantitative estimate of drug-likeness (QED) is 0.261. The highest BCUT2D eigenvalue weighted by molar-refractivity contribution is 6.07. The highest BCUT2D eigenvalue weighted by atomic mass is 19.1. The monoisotopic (exact) mass is 476 g/mol. The summed E-state index contributed by atoms with van der Waals surface area (Å²) >= 11 is 0. The Morgan fingerprint density at radius 3 is 2.61 bits per heavy atom. The van der Waals surface area contributed by atoms with Gasteiger partial charge in [0.15, 0.2) is 0 Å². The number of nitrogens with zero attached hydrogens (tertiary/aromatic N) is 5. The fourth-order valence-corrected chi connectivity index (χ4v) is 3.71. The fourth-order valence-electron chi connectivity index (χ4n) is 3.71. The van der Waals surface area contributed by atoms with Gasteiger partial charge in [-0.1, -0.05) is 53.7 Å². The van der Waals surface area contributed by atoms with Crippen LogP contribution in [0.5, 0.6) is 0 Å². The maximum absolute atomic E-state index is 13.3. The molecule has 2 aromatic heterocycles. The number of hydrazone groups is 1. The van der Waals surface area contributed by atoms with E-state index in [1.54, 1.807) is 35.0 Å². The van der Waals surface area contributed by atoms with Gasteiger partial charge in [-0.2, -0.15) is 5.10 Å². The lowest BCUT2D eigenvalue weighted by atomic mass is 10.0. The molecule has 0 aliphatic carbocycles. The molecule has 0 bridgehead atoms. The van der Waals surface area contributed by atoms with Crippen molar-refractivity contribution in [3.05, 3.63) is 120 Å². The van der Waals surface area contributed by atoms with Gasteiger partial charge < -0.3 is 0 Å². The third kappa shape index (κ3) is 5.39. The summed E-state index contributed by atoms with van der Waals surface area (Å²) in [5.41, 5.74) is 6.72. The van der Waals surface area contributed by atoms with Crippen molar-refractivity contribution in [2.75, 3.05) is 0 Å². The molecule has 5 aromatic rings. The molecule has 176 valence electrons. The lowest BCUT2D eigenvalue weighted by Gasteiger charge is -2.09. The molecule has 1 N–H and O–H groups in total. The van der Waals surface area contributed by atoms with E-state index in [9.17, 15) is 9.18 Å². The molecule has 0 aliphatic heterocycles. The number of hydrogen-bond donors (Lipinski definition) is 1. The standard InChI is InChI=1S/C28H21FN6O/c29-22-14-12-21(13-15-22)27-17-25(24-10-4-5-11-26(24)31-27)28(36)33-30-16-6-9-23-19-35(34-32-23)18-20-7-2-1-3-8-20/h1-17,19H,18H2,(H,33,36)/b9-6+,30-16+. The zero-order valence-electron chi connectivity index (χ0n) is 19.1. The third-order valence-corrected chi connectivity index (χ3v) is 5.44. The average molecular weight is 477 g/mol. The molecule has 3 aromatic carbocycles. The SMILES string of the molecule is O=C(N/N=C/C=C/c1cn(Cc2ccccc2)nn1)c1cc(-c2ccc(F)cc2)nc2ccccc12. The smallest absolute Gasteiger partial charge is 0.267 e. The molecule has 36 heavy (non-hydrogen) atoms. The lowest BCUT2D eigenvalue weighted by molar-refractivity contribution is 0.0956.